The third kappa shape index (κ3) is 4.61. The third-order valence-corrected chi connectivity index (χ3v) is 7.43. The van der Waals surface area contributed by atoms with E-state index in [1.165, 1.54) is 39.4 Å². The third-order valence-electron chi connectivity index (χ3n) is 7.43. The fourth-order valence-electron chi connectivity index (χ4n) is 4.85. The van der Waals surface area contributed by atoms with Gasteiger partial charge in [0.25, 0.3) is 0 Å². The van der Waals surface area contributed by atoms with Gasteiger partial charge < -0.3 is 13.9 Å². The van der Waals surface area contributed by atoms with Gasteiger partial charge in [0.1, 0.15) is 0 Å². The molecule has 0 atom stereocenters. The Morgan fingerprint density at radius 2 is 1.22 bits per heavy atom. The zero-order valence-electron chi connectivity index (χ0n) is 22.8. The number of fused-ring (bicyclic) bond motifs is 3. The van der Waals surface area contributed by atoms with Crippen LogP contribution in [0, 0.1) is 0 Å². The highest BCUT2D eigenvalue weighted by atomic mass is 16.7. The molecule has 1 fully saturated rings. The molecule has 4 aromatic carbocycles. The molecular weight excluding hydrogens is 453 g/mol. The van der Waals surface area contributed by atoms with Crippen molar-refractivity contribution in [2.45, 2.75) is 59.2 Å². The van der Waals surface area contributed by atoms with Gasteiger partial charge in [0.15, 0.2) is 0 Å². The van der Waals surface area contributed by atoms with Crippen LogP contribution in [-0.2, 0) is 9.31 Å². The molecule has 0 spiro atoms. The molecule has 4 heteroatoms. The Morgan fingerprint density at radius 3 is 1.92 bits per heavy atom. The van der Waals surface area contributed by atoms with E-state index in [0.29, 0.717) is 0 Å². The first kappa shape index (κ1) is 25.3. The first-order valence-corrected chi connectivity index (χ1v) is 13.3. The molecule has 0 saturated carbocycles. The predicted molar refractivity (Wildman–Crippen MR) is 158 cm³/mol. The van der Waals surface area contributed by atoms with Crippen molar-refractivity contribution in [3.8, 4) is 16.8 Å². The van der Waals surface area contributed by atoms with Crippen LogP contribution < -0.4 is 5.46 Å². The number of benzene rings is 4. The standard InChI is InChI=1S/C30H28BNO2.C3H8/c1-29(2)30(3,4)34-31(33-29)23-17-18-28-26(20-23)25-15-8-9-16-27(25)32(28)24-14-10-13-22(19-24)21-11-6-5-7-12-21;1-3-2/h5-20H,1-4H3;3H2,1-2H3. The zero-order valence-corrected chi connectivity index (χ0v) is 22.8. The van der Waals surface area contributed by atoms with Gasteiger partial charge in [-0.25, -0.2) is 0 Å². The lowest BCUT2D eigenvalue weighted by molar-refractivity contribution is 0.00578. The first-order valence-electron chi connectivity index (χ1n) is 13.3. The van der Waals surface area contributed by atoms with E-state index in [1.807, 2.05) is 0 Å². The fraction of sp³-hybridized carbons (Fsp3) is 0.273. The Balaban J connectivity index is 0.000000892. The van der Waals surface area contributed by atoms with Crippen LogP contribution in [0.15, 0.2) is 97.1 Å². The van der Waals surface area contributed by atoms with Crippen molar-refractivity contribution >= 4 is 34.4 Å². The molecule has 5 aromatic rings. The van der Waals surface area contributed by atoms with Crippen LogP contribution in [0.1, 0.15) is 48.0 Å². The molecule has 1 aromatic heterocycles. The summed E-state index contributed by atoms with van der Waals surface area (Å²) in [6.07, 6.45) is 1.25. The average Bonchev–Trinajstić information content (AvgIpc) is 3.34. The highest BCUT2D eigenvalue weighted by molar-refractivity contribution is 6.62. The molecule has 37 heavy (non-hydrogen) atoms. The van der Waals surface area contributed by atoms with E-state index in [1.54, 1.807) is 0 Å². The summed E-state index contributed by atoms with van der Waals surface area (Å²) in [6, 6.07) is 34.5. The molecule has 2 heterocycles. The number of aromatic nitrogens is 1. The SMILES string of the molecule is CC1(C)OB(c2ccc3c(c2)c2ccccc2n3-c2cccc(-c3ccccc3)c2)OC1(C)C.CCC. The molecule has 0 unspecified atom stereocenters. The summed E-state index contributed by atoms with van der Waals surface area (Å²) >= 11 is 0. The molecule has 6 rings (SSSR count). The molecule has 0 aliphatic carbocycles. The van der Waals surface area contributed by atoms with Gasteiger partial charge in [-0.2, -0.15) is 0 Å². The number of hydrogen-bond donors (Lipinski definition) is 0. The van der Waals surface area contributed by atoms with Crippen LogP contribution in [0.5, 0.6) is 0 Å². The van der Waals surface area contributed by atoms with Crippen molar-refractivity contribution in [2.24, 2.45) is 0 Å². The van der Waals surface area contributed by atoms with Crippen LogP contribution >= 0.6 is 0 Å². The quantitative estimate of drug-likeness (QED) is 0.239. The molecular formula is C33H36BNO2. The van der Waals surface area contributed by atoms with Crippen LogP contribution in [0.3, 0.4) is 0 Å². The van der Waals surface area contributed by atoms with Gasteiger partial charge in [0.2, 0.25) is 0 Å². The Bertz CT molecular complexity index is 1520. The lowest BCUT2D eigenvalue weighted by Gasteiger charge is -2.32. The minimum absolute atomic E-state index is 0.363. The number of nitrogens with zero attached hydrogens (tertiary/aromatic N) is 1. The second-order valence-corrected chi connectivity index (χ2v) is 10.8. The van der Waals surface area contributed by atoms with Crippen LogP contribution in [-0.4, -0.2) is 22.9 Å². The van der Waals surface area contributed by atoms with Crippen molar-refractivity contribution in [2.75, 3.05) is 0 Å². The molecule has 0 bridgehead atoms. The minimum Gasteiger partial charge on any atom is -0.399 e. The molecule has 188 valence electrons. The number of hydrogen-bond acceptors (Lipinski definition) is 2. The molecule has 1 saturated heterocycles. The van der Waals surface area contributed by atoms with Gasteiger partial charge in [-0.05, 0) is 68.6 Å². The topological polar surface area (TPSA) is 23.4 Å². The highest BCUT2D eigenvalue weighted by Crippen LogP contribution is 2.38. The molecule has 0 radical (unpaired) electrons. The summed E-state index contributed by atoms with van der Waals surface area (Å²) in [7, 11) is -0.377. The van der Waals surface area contributed by atoms with E-state index in [0.717, 1.165) is 11.2 Å². The van der Waals surface area contributed by atoms with Crippen LogP contribution in [0.25, 0.3) is 38.6 Å². The molecule has 1 aliphatic heterocycles. The van der Waals surface area contributed by atoms with Gasteiger partial charge in [-0.15, -0.1) is 0 Å². The Hall–Kier alpha value is -3.34. The van der Waals surface area contributed by atoms with Crippen molar-refractivity contribution in [3.63, 3.8) is 0 Å². The summed E-state index contributed by atoms with van der Waals surface area (Å²) in [4.78, 5) is 0. The normalized spacial score (nSPS) is 16.1. The minimum atomic E-state index is -0.377. The lowest BCUT2D eigenvalue weighted by Crippen LogP contribution is -2.41. The maximum Gasteiger partial charge on any atom is 0.494 e. The second-order valence-electron chi connectivity index (χ2n) is 10.8. The van der Waals surface area contributed by atoms with Gasteiger partial charge >= 0.3 is 7.12 Å². The summed E-state index contributed by atoms with van der Waals surface area (Å²) in [6.45, 7) is 12.6. The van der Waals surface area contributed by atoms with Gasteiger partial charge in [0.05, 0.1) is 22.2 Å². The van der Waals surface area contributed by atoms with Crippen molar-refractivity contribution < 1.29 is 9.31 Å². The van der Waals surface area contributed by atoms with E-state index >= 15 is 0 Å². The highest BCUT2D eigenvalue weighted by Gasteiger charge is 2.51. The Morgan fingerprint density at radius 1 is 0.622 bits per heavy atom. The van der Waals surface area contributed by atoms with E-state index in [4.69, 9.17) is 9.31 Å². The zero-order chi connectivity index (χ0) is 26.2. The van der Waals surface area contributed by atoms with Crippen molar-refractivity contribution in [1.82, 2.24) is 4.57 Å². The molecule has 3 nitrogen and oxygen atoms in total. The second kappa shape index (κ2) is 9.85. The first-order chi connectivity index (χ1) is 17.8. The Labute approximate surface area is 221 Å². The van der Waals surface area contributed by atoms with Gasteiger partial charge in [-0.1, -0.05) is 93.1 Å². The van der Waals surface area contributed by atoms with E-state index in [9.17, 15) is 0 Å². The largest absolute Gasteiger partial charge is 0.494 e. The van der Waals surface area contributed by atoms with Crippen LogP contribution in [0.2, 0.25) is 0 Å². The van der Waals surface area contributed by atoms with Crippen molar-refractivity contribution in [3.05, 3.63) is 97.1 Å². The van der Waals surface area contributed by atoms with Crippen LogP contribution in [0.4, 0.5) is 0 Å². The van der Waals surface area contributed by atoms with Gasteiger partial charge in [-0.3, -0.25) is 0 Å². The lowest BCUT2D eigenvalue weighted by atomic mass is 9.78. The van der Waals surface area contributed by atoms with E-state index in [2.05, 4.69) is 143 Å². The predicted octanol–water partition coefficient (Wildman–Crippen LogP) is 8.17. The van der Waals surface area contributed by atoms with Gasteiger partial charge in [0, 0.05) is 16.5 Å². The Kier molecular flexibility index (Phi) is 6.74. The number of para-hydroxylation sites is 1. The van der Waals surface area contributed by atoms with Crippen molar-refractivity contribution in [1.29, 1.82) is 0 Å². The maximum absolute atomic E-state index is 6.34. The maximum atomic E-state index is 6.34. The molecule has 0 N–H and O–H groups in total. The smallest absolute Gasteiger partial charge is 0.399 e. The summed E-state index contributed by atoms with van der Waals surface area (Å²) in [5.74, 6) is 0. The van der Waals surface area contributed by atoms with E-state index in [-0.39, 0.29) is 18.3 Å². The fourth-order valence-corrected chi connectivity index (χ4v) is 4.85. The van der Waals surface area contributed by atoms with E-state index < -0.39 is 0 Å². The molecule has 1 aliphatic rings. The summed E-state index contributed by atoms with van der Waals surface area (Å²) in [5, 5.41) is 2.42. The average molecular weight is 489 g/mol. The summed E-state index contributed by atoms with van der Waals surface area (Å²) < 4.78 is 15.0. The monoisotopic (exact) mass is 489 g/mol. The summed E-state index contributed by atoms with van der Waals surface area (Å²) in [5.41, 5.74) is 6.26. The molecule has 0 amide bonds. The number of rotatable bonds is 3.